The van der Waals surface area contributed by atoms with E-state index < -0.39 is 11.6 Å². The van der Waals surface area contributed by atoms with Crippen molar-refractivity contribution in [2.45, 2.75) is 39.4 Å². The molecule has 0 aromatic carbocycles. The Hall–Kier alpha value is -1.60. The number of nitrogens with zero attached hydrogens (tertiary/aromatic N) is 2. The second-order valence-corrected chi connectivity index (χ2v) is 5.03. The van der Waals surface area contributed by atoms with Crippen LogP contribution in [0, 0.1) is 0 Å². The van der Waals surface area contributed by atoms with E-state index >= 15 is 0 Å². The zero-order chi connectivity index (χ0) is 15.3. The molecule has 1 aromatic rings. The monoisotopic (exact) mass is 302 g/mol. The Kier molecular flexibility index (Phi) is 5.97. The number of aliphatic hydroxyl groups is 1. The third-order valence-corrected chi connectivity index (χ3v) is 2.86. The number of hydrogen-bond donors (Lipinski definition) is 3. The zero-order valence-electron chi connectivity index (χ0n) is 11.7. The summed E-state index contributed by atoms with van der Waals surface area (Å²) < 4.78 is 1.06. The van der Waals surface area contributed by atoms with Gasteiger partial charge in [0.05, 0.1) is 25.0 Å². The fourth-order valence-electron chi connectivity index (χ4n) is 1.53. The molecule has 7 nitrogen and oxygen atoms in total. The molecule has 1 unspecified atom stereocenters. The molecular formula is C12H19ClN4O3. The molecule has 0 fully saturated rings. The second-order valence-electron chi connectivity index (χ2n) is 4.65. The van der Waals surface area contributed by atoms with Crippen molar-refractivity contribution >= 4 is 23.2 Å². The minimum Gasteiger partial charge on any atom is -0.394 e. The summed E-state index contributed by atoms with van der Waals surface area (Å²) in [5.41, 5.74) is -0.223. The number of amides is 1. The summed E-state index contributed by atoms with van der Waals surface area (Å²) >= 11 is 5.94. The highest BCUT2D eigenvalue weighted by atomic mass is 35.5. The van der Waals surface area contributed by atoms with E-state index in [0.717, 1.165) is 4.68 Å². The lowest BCUT2D eigenvalue weighted by Crippen LogP contribution is -2.41. The van der Waals surface area contributed by atoms with E-state index in [0.29, 0.717) is 0 Å². The van der Waals surface area contributed by atoms with Gasteiger partial charge in [0, 0.05) is 6.04 Å². The lowest BCUT2D eigenvalue weighted by atomic mass is 10.2. The molecule has 0 bridgehead atoms. The summed E-state index contributed by atoms with van der Waals surface area (Å²) in [5, 5.41) is 18.2. The highest BCUT2D eigenvalue weighted by molar-refractivity contribution is 6.33. The Labute approximate surface area is 121 Å². The molecule has 0 aliphatic rings. The fraction of sp³-hybridized carbons (Fsp3) is 0.583. The first-order valence-electron chi connectivity index (χ1n) is 6.30. The van der Waals surface area contributed by atoms with Gasteiger partial charge in [0.25, 0.3) is 5.56 Å². The maximum Gasteiger partial charge on any atom is 0.287 e. The molecule has 0 aliphatic carbocycles. The summed E-state index contributed by atoms with van der Waals surface area (Å²) in [6.07, 6.45) is 1.36. The third kappa shape index (κ3) is 4.21. The Morgan fingerprint density at radius 2 is 2.15 bits per heavy atom. The largest absolute Gasteiger partial charge is 0.394 e. The maximum atomic E-state index is 11.8. The summed E-state index contributed by atoms with van der Waals surface area (Å²) in [7, 11) is 0. The van der Waals surface area contributed by atoms with Crippen LogP contribution in [0.5, 0.6) is 0 Å². The van der Waals surface area contributed by atoms with Crippen LogP contribution in [0.3, 0.4) is 0 Å². The Bertz CT molecular complexity index is 530. The van der Waals surface area contributed by atoms with Gasteiger partial charge in [-0.2, -0.15) is 5.10 Å². The molecule has 0 saturated heterocycles. The Balaban J connectivity index is 2.86. The molecule has 0 spiro atoms. The quantitative estimate of drug-likeness (QED) is 0.698. The van der Waals surface area contributed by atoms with Crippen LogP contribution in [0.2, 0.25) is 5.02 Å². The normalized spacial score (nSPS) is 12.3. The molecule has 8 heteroatoms. The van der Waals surface area contributed by atoms with Gasteiger partial charge >= 0.3 is 0 Å². The van der Waals surface area contributed by atoms with Crippen LogP contribution in [-0.4, -0.2) is 39.5 Å². The van der Waals surface area contributed by atoms with Crippen molar-refractivity contribution in [2.24, 2.45) is 0 Å². The van der Waals surface area contributed by atoms with Crippen molar-refractivity contribution in [3.8, 4) is 0 Å². The van der Waals surface area contributed by atoms with E-state index in [9.17, 15) is 9.59 Å². The van der Waals surface area contributed by atoms with Crippen molar-refractivity contribution in [1.82, 2.24) is 15.1 Å². The van der Waals surface area contributed by atoms with Gasteiger partial charge in [0.15, 0.2) is 0 Å². The number of nitrogens with one attached hydrogen (secondary N) is 2. The number of carbonyl (C=O) groups is 1. The molecule has 1 aromatic heterocycles. The Morgan fingerprint density at radius 3 is 2.70 bits per heavy atom. The van der Waals surface area contributed by atoms with Crippen LogP contribution in [0.25, 0.3) is 0 Å². The summed E-state index contributed by atoms with van der Waals surface area (Å²) in [5.74, 6) is -0.199. The molecule has 112 valence electrons. The fourth-order valence-corrected chi connectivity index (χ4v) is 1.73. The lowest BCUT2D eigenvalue weighted by molar-refractivity contribution is -0.122. The molecule has 0 radical (unpaired) electrons. The van der Waals surface area contributed by atoms with E-state index in [1.54, 1.807) is 6.92 Å². The summed E-state index contributed by atoms with van der Waals surface area (Å²) in [4.78, 5) is 23.6. The van der Waals surface area contributed by atoms with Crippen LogP contribution in [0.4, 0.5) is 5.69 Å². The number of rotatable bonds is 6. The molecule has 3 N–H and O–H groups in total. The van der Waals surface area contributed by atoms with E-state index in [1.807, 2.05) is 13.8 Å². The van der Waals surface area contributed by atoms with Crippen molar-refractivity contribution in [3.05, 3.63) is 21.6 Å². The van der Waals surface area contributed by atoms with Crippen molar-refractivity contribution in [3.63, 3.8) is 0 Å². The van der Waals surface area contributed by atoms with E-state index in [-0.39, 0.29) is 35.8 Å². The van der Waals surface area contributed by atoms with Crippen LogP contribution in [-0.2, 0) is 11.3 Å². The first-order chi connectivity index (χ1) is 9.36. The minimum atomic E-state index is -0.551. The molecule has 1 rings (SSSR count). The minimum absolute atomic E-state index is 0.0258. The number of anilines is 1. The van der Waals surface area contributed by atoms with Crippen LogP contribution < -0.4 is 16.2 Å². The molecule has 0 aliphatic heterocycles. The molecule has 1 amide bonds. The van der Waals surface area contributed by atoms with Crippen LogP contribution >= 0.6 is 11.6 Å². The molecule has 1 heterocycles. The summed E-state index contributed by atoms with van der Waals surface area (Å²) in [6.45, 7) is 5.24. The number of hydrogen-bond acceptors (Lipinski definition) is 5. The Morgan fingerprint density at radius 1 is 1.50 bits per heavy atom. The zero-order valence-corrected chi connectivity index (χ0v) is 12.4. The first-order valence-corrected chi connectivity index (χ1v) is 6.68. The smallest absolute Gasteiger partial charge is 0.287 e. The van der Waals surface area contributed by atoms with Crippen molar-refractivity contribution in [1.29, 1.82) is 0 Å². The number of carbonyl (C=O) groups excluding carboxylic acids is 1. The average molecular weight is 303 g/mol. The second kappa shape index (κ2) is 7.25. The number of halogens is 1. The predicted octanol–water partition coefficient (Wildman–Crippen LogP) is 0.214. The van der Waals surface area contributed by atoms with Crippen molar-refractivity contribution in [2.75, 3.05) is 11.9 Å². The van der Waals surface area contributed by atoms with Gasteiger partial charge in [-0.15, -0.1) is 0 Å². The molecule has 20 heavy (non-hydrogen) atoms. The predicted molar refractivity (Wildman–Crippen MR) is 77.0 cm³/mol. The van der Waals surface area contributed by atoms with Crippen molar-refractivity contribution < 1.29 is 9.90 Å². The van der Waals surface area contributed by atoms with Crippen LogP contribution in [0.1, 0.15) is 20.8 Å². The van der Waals surface area contributed by atoms with Gasteiger partial charge in [-0.1, -0.05) is 11.6 Å². The topological polar surface area (TPSA) is 96.2 Å². The number of aromatic nitrogens is 2. The molecule has 1 atom stereocenters. The summed E-state index contributed by atoms with van der Waals surface area (Å²) in [6, 6.07) is -0.525. The molecule has 0 saturated carbocycles. The van der Waals surface area contributed by atoms with E-state index in [2.05, 4.69) is 15.7 Å². The first kappa shape index (κ1) is 16.5. The van der Waals surface area contributed by atoms with Gasteiger partial charge in [0.2, 0.25) is 5.91 Å². The number of aliphatic hydroxyl groups excluding tert-OH is 1. The average Bonchev–Trinajstić information content (AvgIpc) is 2.37. The van der Waals surface area contributed by atoms with Gasteiger partial charge in [-0.25, -0.2) is 4.68 Å². The van der Waals surface area contributed by atoms with Gasteiger partial charge in [0.1, 0.15) is 11.1 Å². The van der Waals surface area contributed by atoms with Gasteiger partial charge in [-0.05, 0) is 20.8 Å². The van der Waals surface area contributed by atoms with Gasteiger partial charge < -0.3 is 15.7 Å². The lowest BCUT2D eigenvalue weighted by Gasteiger charge is -2.17. The SMILES string of the molecule is CC(C)NC(=O)C(C)Nc1cnn(CCO)c(=O)c1Cl. The maximum absolute atomic E-state index is 11.8. The highest BCUT2D eigenvalue weighted by Crippen LogP contribution is 2.16. The standard InChI is InChI=1S/C12H19ClN4O3/c1-7(2)15-11(19)8(3)16-9-6-14-17(4-5-18)12(20)10(9)13/h6-8,16,18H,4-5H2,1-3H3,(H,15,19). The van der Waals surface area contributed by atoms with Gasteiger partial charge in [-0.3, -0.25) is 9.59 Å². The van der Waals surface area contributed by atoms with E-state index in [4.69, 9.17) is 16.7 Å². The third-order valence-electron chi connectivity index (χ3n) is 2.49. The highest BCUT2D eigenvalue weighted by Gasteiger charge is 2.16. The van der Waals surface area contributed by atoms with Crippen LogP contribution in [0.15, 0.2) is 11.0 Å². The van der Waals surface area contributed by atoms with E-state index in [1.165, 1.54) is 6.20 Å². The molecular weight excluding hydrogens is 284 g/mol.